The van der Waals surface area contributed by atoms with Gasteiger partial charge in [-0.2, -0.15) is 11.8 Å². The molecule has 1 aliphatic heterocycles. The van der Waals surface area contributed by atoms with Gasteiger partial charge in [0, 0.05) is 43.4 Å². The molecule has 9 amide bonds. The van der Waals surface area contributed by atoms with E-state index in [1.165, 1.54) is 18.7 Å². The van der Waals surface area contributed by atoms with E-state index >= 15 is 0 Å². The van der Waals surface area contributed by atoms with E-state index < -0.39 is 103 Å². The number of carbonyl (C=O) groups is 9. The Bertz CT molecular complexity index is 2050. The Morgan fingerprint density at radius 3 is 2.18 bits per heavy atom. The van der Waals surface area contributed by atoms with Crippen LogP contribution in [0.3, 0.4) is 0 Å². The van der Waals surface area contributed by atoms with Crippen LogP contribution in [-0.4, -0.2) is 120 Å². The third kappa shape index (κ3) is 15.6. The first-order chi connectivity index (χ1) is 29.2. The maximum atomic E-state index is 13.9. The lowest BCUT2D eigenvalue weighted by Crippen LogP contribution is -2.58. The van der Waals surface area contributed by atoms with E-state index in [4.69, 9.17) is 5.73 Å². The lowest BCUT2D eigenvalue weighted by Gasteiger charge is -2.25. The van der Waals surface area contributed by atoms with E-state index in [1.54, 1.807) is 42.8 Å². The molecule has 4 rings (SSSR count). The zero-order chi connectivity index (χ0) is 44.3. The predicted molar refractivity (Wildman–Crippen MR) is 227 cm³/mol. The number of carbonyl (C=O) groups excluding carboxylic acids is 9. The Balaban J connectivity index is 1.64. The molecule has 1 aromatic heterocycles. The van der Waals surface area contributed by atoms with Crippen LogP contribution in [0.1, 0.15) is 50.2 Å². The summed E-state index contributed by atoms with van der Waals surface area (Å²) in [6.45, 7) is 0.224. The van der Waals surface area contributed by atoms with E-state index in [9.17, 15) is 43.2 Å². The lowest BCUT2D eigenvalue weighted by atomic mass is 10.0. The van der Waals surface area contributed by atoms with Crippen molar-refractivity contribution in [3.8, 4) is 0 Å². The number of thioether (sulfide) groups is 1. The van der Waals surface area contributed by atoms with Crippen molar-refractivity contribution in [3.05, 3.63) is 71.9 Å². The molecule has 5 atom stereocenters. The van der Waals surface area contributed by atoms with E-state index in [2.05, 4.69) is 47.5 Å². The molecule has 1 aliphatic rings. The van der Waals surface area contributed by atoms with E-state index in [0.717, 1.165) is 10.9 Å². The standard InChI is InChI=1S/C41H54N10O9S/c1-24(52)44-22-35(54)48-33-20-34(53)43-16-9-8-14-29(37(42)56)49-40(59)32(19-26-21-45-28-13-7-6-12-27(26)28)47-36(55)23-46-38(57)31(18-25-10-4-3-5-11-25)51-39(58)30(15-17-61-2)50-41(33)60/h3-7,10-13,21,29-33,45H,8-9,14-20,22-23H2,1-2H3,(H2,42,56)(H,43,53)(H,44,52)(H,46,57)(H,47,55)(H,48,54)(H,49,59)(H,50,60)(H,51,58)/t29?,30-,31?,32-,33?/m0/s1. The minimum absolute atomic E-state index is 0.00860. The van der Waals surface area contributed by atoms with Gasteiger partial charge < -0.3 is 53.3 Å². The van der Waals surface area contributed by atoms with Crippen molar-refractivity contribution in [1.82, 2.24) is 47.5 Å². The Labute approximate surface area is 357 Å². The zero-order valence-corrected chi connectivity index (χ0v) is 34.9. The third-order valence-corrected chi connectivity index (χ3v) is 10.4. The summed E-state index contributed by atoms with van der Waals surface area (Å²) in [7, 11) is 0. The summed E-state index contributed by atoms with van der Waals surface area (Å²) in [5.41, 5.74) is 7.85. The molecule has 0 spiro atoms. The molecule has 1 fully saturated rings. The van der Waals surface area contributed by atoms with Crippen molar-refractivity contribution in [1.29, 1.82) is 0 Å². The highest BCUT2D eigenvalue weighted by molar-refractivity contribution is 7.98. The van der Waals surface area contributed by atoms with Crippen molar-refractivity contribution in [2.45, 2.75) is 82.1 Å². The van der Waals surface area contributed by atoms with Gasteiger partial charge >= 0.3 is 0 Å². The number of primary amides is 1. The highest BCUT2D eigenvalue weighted by Gasteiger charge is 2.32. The Hall–Kier alpha value is -6.44. The molecule has 2 heterocycles. The van der Waals surface area contributed by atoms with E-state index in [-0.39, 0.29) is 32.2 Å². The molecule has 0 bridgehead atoms. The summed E-state index contributed by atoms with van der Waals surface area (Å²) in [6, 6.07) is 9.85. The first-order valence-electron chi connectivity index (χ1n) is 19.9. The van der Waals surface area contributed by atoms with Crippen LogP contribution in [-0.2, 0) is 56.0 Å². The smallest absolute Gasteiger partial charge is 0.243 e. The fraction of sp³-hybridized carbons (Fsp3) is 0.439. The molecule has 19 nitrogen and oxygen atoms in total. The Morgan fingerprint density at radius 1 is 0.770 bits per heavy atom. The summed E-state index contributed by atoms with van der Waals surface area (Å²) < 4.78 is 0. The summed E-state index contributed by atoms with van der Waals surface area (Å²) >= 11 is 1.39. The monoisotopic (exact) mass is 862 g/mol. The number of aromatic amines is 1. The summed E-state index contributed by atoms with van der Waals surface area (Å²) in [5.74, 6) is -6.10. The molecule has 3 aromatic rings. The molecule has 0 saturated carbocycles. The molecule has 2 aromatic carbocycles. The van der Waals surface area contributed by atoms with Gasteiger partial charge in [-0.3, -0.25) is 43.2 Å². The average molecular weight is 863 g/mol. The zero-order valence-electron chi connectivity index (χ0n) is 34.1. The predicted octanol–water partition coefficient (Wildman–Crippen LogP) is -1.44. The van der Waals surface area contributed by atoms with Crippen LogP contribution in [0.2, 0.25) is 0 Å². The molecule has 20 heteroatoms. The van der Waals surface area contributed by atoms with Gasteiger partial charge in [0.2, 0.25) is 53.2 Å². The number of fused-ring (bicyclic) bond motifs is 1. The number of rotatable bonds is 11. The molecule has 0 aliphatic carbocycles. The quantitative estimate of drug-likeness (QED) is 0.107. The largest absolute Gasteiger partial charge is 0.368 e. The third-order valence-electron chi connectivity index (χ3n) is 9.77. The van der Waals surface area contributed by atoms with Gasteiger partial charge in [-0.1, -0.05) is 48.5 Å². The molecule has 0 radical (unpaired) electrons. The number of hydrogen-bond acceptors (Lipinski definition) is 10. The summed E-state index contributed by atoms with van der Waals surface area (Å²) in [6.07, 6.45) is 3.81. The molecule has 11 N–H and O–H groups in total. The van der Waals surface area contributed by atoms with Crippen LogP contribution in [0.4, 0.5) is 0 Å². The minimum atomic E-state index is -1.47. The normalized spacial score (nSPS) is 21.7. The molecule has 1 saturated heterocycles. The van der Waals surface area contributed by atoms with Crippen LogP contribution in [0.25, 0.3) is 10.9 Å². The fourth-order valence-electron chi connectivity index (χ4n) is 6.55. The van der Waals surface area contributed by atoms with Gasteiger partial charge in [0.25, 0.3) is 0 Å². The van der Waals surface area contributed by atoms with Crippen LogP contribution >= 0.6 is 11.8 Å². The van der Waals surface area contributed by atoms with Gasteiger partial charge in [0.15, 0.2) is 0 Å². The molecule has 328 valence electrons. The highest BCUT2D eigenvalue weighted by Crippen LogP contribution is 2.19. The van der Waals surface area contributed by atoms with Crippen LogP contribution in [0.5, 0.6) is 0 Å². The maximum Gasteiger partial charge on any atom is 0.243 e. The number of H-pyrrole nitrogens is 1. The first kappa shape index (κ1) is 47.2. The Morgan fingerprint density at radius 2 is 1.46 bits per heavy atom. The molecule has 3 unspecified atom stereocenters. The first-order valence-corrected chi connectivity index (χ1v) is 21.3. The number of para-hydroxylation sites is 1. The van der Waals surface area contributed by atoms with Crippen LogP contribution < -0.4 is 48.3 Å². The number of nitrogens with one attached hydrogen (secondary N) is 9. The van der Waals surface area contributed by atoms with Crippen LogP contribution in [0.15, 0.2) is 60.8 Å². The number of nitrogens with two attached hydrogens (primary N) is 1. The molecular formula is C41H54N10O9S. The number of aromatic nitrogens is 1. The lowest BCUT2D eigenvalue weighted by molar-refractivity contribution is -0.135. The Kier molecular flexibility index (Phi) is 18.6. The second-order valence-corrected chi connectivity index (χ2v) is 15.5. The van der Waals surface area contributed by atoms with E-state index in [1.807, 2.05) is 24.3 Å². The minimum Gasteiger partial charge on any atom is -0.368 e. The topological polar surface area (TPSA) is 292 Å². The molecular weight excluding hydrogens is 809 g/mol. The van der Waals surface area contributed by atoms with E-state index in [0.29, 0.717) is 29.7 Å². The number of benzene rings is 2. The summed E-state index contributed by atoms with van der Waals surface area (Å²) in [4.78, 5) is 122. The molecule has 61 heavy (non-hydrogen) atoms. The second-order valence-electron chi connectivity index (χ2n) is 14.5. The van der Waals surface area contributed by atoms with Crippen molar-refractivity contribution in [2.75, 3.05) is 31.6 Å². The van der Waals surface area contributed by atoms with Gasteiger partial charge in [-0.05, 0) is 54.9 Å². The van der Waals surface area contributed by atoms with Crippen LogP contribution in [0, 0.1) is 0 Å². The summed E-state index contributed by atoms with van der Waals surface area (Å²) in [5, 5.41) is 21.4. The highest BCUT2D eigenvalue weighted by atomic mass is 32.2. The number of hydrogen-bond donors (Lipinski definition) is 10. The van der Waals surface area contributed by atoms with Crippen molar-refractivity contribution in [2.24, 2.45) is 5.73 Å². The SMILES string of the molecule is CSCC[C@@H]1NC(=O)C(NC(=O)CNC(C)=O)CC(=O)NCCCCC(C(N)=O)NC(=O)[C@H](Cc2c[nH]c3ccccc23)NC(=O)CNC(=O)C(Cc2ccccc2)NC1=O. The number of amides is 9. The van der Waals surface area contributed by atoms with Crippen molar-refractivity contribution in [3.63, 3.8) is 0 Å². The fourth-order valence-corrected chi connectivity index (χ4v) is 7.02. The maximum absolute atomic E-state index is 13.9. The second kappa shape index (κ2) is 24.0. The van der Waals surface area contributed by atoms with Crippen molar-refractivity contribution < 1.29 is 43.2 Å². The average Bonchev–Trinajstić information content (AvgIpc) is 3.64. The van der Waals surface area contributed by atoms with Gasteiger partial charge in [-0.15, -0.1) is 0 Å². The van der Waals surface area contributed by atoms with Gasteiger partial charge in [-0.25, -0.2) is 0 Å². The van der Waals surface area contributed by atoms with Gasteiger partial charge in [0.05, 0.1) is 19.5 Å². The van der Waals surface area contributed by atoms with Gasteiger partial charge in [0.1, 0.15) is 30.2 Å². The van der Waals surface area contributed by atoms with Crippen molar-refractivity contribution >= 4 is 75.8 Å².